The van der Waals surface area contributed by atoms with Crippen molar-refractivity contribution in [2.75, 3.05) is 13.2 Å². The summed E-state index contributed by atoms with van der Waals surface area (Å²) < 4.78 is 50.6. The molecule has 1 aliphatic carbocycles. The molecule has 3 rings (SSSR count). The summed E-state index contributed by atoms with van der Waals surface area (Å²) in [7, 11) is 0. The lowest BCUT2D eigenvalue weighted by Gasteiger charge is -2.19. The number of nitrogens with zero attached hydrogens (tertiary/aromatic N) is 1. The summed E-state index contributed by atoms with van der Waals surface area (Å²) in [5.74, 6) is 0.345. The van der Waals surface area contributed by atoms with E-state index < -0.39 is 17.3 Å². The minimum Gasteiger partial charge on any atom is -0.490 e. The van der Waals surface area contributed by atoms with E-state index >= 15 is 0 Å². The van der Waals surface area contributed by atoms with Crippen LogP contribution in [0.25, 0.3) is 0 Å². The molecule has 0 radical (unpaired) electrons. The van der Waals surface area contributed by atoms with E-state index in [1.165, 1.54) is 12.1 Å². The molecule has 0 N–H and O–H groups in total. The number of benzene rings is 1. The first-order valence-corrected chi connectivity index (χ1v) is 6.57. The maximum absolute atomic E-state index is 13.3. The van der Waals surface area contributed by atoms with Crippen LogP contribution in [0.4, 0.5) is 13.2 Å². The third-order valence-corrected chi connectivity index (χ3v) is 3.68. The van der Waals surface area contributed by atoms with E-state index in [2.05, 4.69) is 4.99 Å². The number of hydrogen-bond acceptors (Lipinski definition) is 4. The van der Waals surface area contributed by atoms with Crippen LogP contribution < -0.4 is 9.47 Å². The Morgan fingerprint density at radius 3 is 2.29 bits per heavy atom. The van der Waals surface area contributed by atoms with Gasteiger partial charge in [0.25, 0.3) is 0 Å². The van der Waals surface area contributed by atoms with Gasteiger partial charge in [0.05, 0.1) is 24.3 Å². The van der Waals surface area contributed by atoms with Crippen molar-refractivity contribution >= 4 is 6.08 Å². The second-order valence-corrected chi connectivity index (χ2v) is 5.13. The van der Waals surface area contributed by atoms with Crippen molar-refractivity contribution in [1.29, 1.82) is 0 Å². The van der Waals surface area contributed by atoms with Crippen molar-refractivity contribution in [3.63, 3.8) is 0 Å². The van der Waals surface area contributed by atoms with Crippen molar-refractivity contribution in [1.82, 2.24) is 0 Å². The van der Waals surface area contributed by atoms with Crippen LogP contribution in [0.3, 0.4) is 0 Å². The molecule has 7 heteroatoms. The summed E-state index contributed by atoms with van der Waals surface area (Å²) in [6, 6.07) is 2.24. The van der Waals surface area contributed by atoms with E-state index in [0.717, 1.165) is 6.07 Å². The molecule has 0 amide bonds. The highest BCUT2D eigenvalue weighted by Crippen LogP contribution is 2.54. The molecule has 0 atom stereocenters. The van der Waals surface area contributed by atoms with E-state index in [1.807, 2.05) is 0 Å². The molecule has 0 spiro atoms. The Hall–Kier alpha value is -2.01. The number of halogens is 3. The molecule has 1 aromatic rings. The van der Waals surface area contributed by atoms with Gasteiger partial charge in [0.2, 0.25) is 6.08 Å². The van der Waals surface area contributed by atoms with Crippen molar-refractivity contribution in [3.05, 3.63) is 23.3 Å². The second kappa shape index (κ2) is 4.77. The topological polar surface area (TPSA) is 47.9 Å². The summed E-state index contributed by atoms with van der Waals surface area (Å²) in [5.41, 5.74) is -1.98. The number of fused-ring (bicyclic) bond motifs is 1. The summed E-state index contributed by atoms with van der Waals surface area (Å²) in [6.07, 6.45) is -1.78. The monoisotopic (exact) mass is 299 g/mol. The SMILES string of the molecule is O=C=NC1(c2cc3c(cc2C(F)(F)F)OCCCO3)CC1. The number of alkyl halides is 3. The largest absolute Gasteiger partial charge is 0.490 e. The zero-order chi connectivity index (χ0) is 15.1. The van der Waals surface area contributed by atoms with Crippen LogP contribution >= 0.6 is 0 Å². The molecule has 2 aliphatic rings. The lowest BCUT2D eigenvalue weighted by molar-refractivity contribution is -0.138. The average Bonchev–Trinajstić information content (AvgIpc) is 3.20. The number of hydrogen-bond donors (Lipinski definition) is 0. The minimum atomic E-state index is -4.55. The first-order valence-electron chi connectivity index (χ1n) is 6.57. The van der Waals surface area contributed by atoms with Crippen molar-refractivity contribution in [2.24, 2.45) is 4.99 Å². The first kappa shape index (κ1) is 13.9. The number of ether oxygens (including phenoxy) is 2. The molecule has 4 nitrogen and oxygen atoms in total. The maximum atomic E-state index is 13.3. The minimum absolute atomic E-state index is 0.0393. The van der Waals surface area contributed by atoms with Gasteiger partial charge in [-0.2, -0.15) is 18.2 Å². The molecule has 21 heavy (non-hydrogen) atoms. The van der Waals surface area contributed by atoms with Gasteiger partial charge in [-0.3, -0.25) is 0 Å². The average molecular weight is 299 g/mol. The van der Waals surface area contributed by atoms with Gasteiger partial charge in [-0.15, -0.1) is 0 Å². The molecule has 0 bridgehead atoms. The van der Waals surface area contributed by atoms with Crippen LogP contribution in [-0.2, 0) is 16.5 Å². The van der Waals surface area contributed by atoms with Gasteiger partial charge in [0, 0.05) is 6.42 Å². The van der Waals surface area contributed by atoms with E-state index in [0.29, 0.717) is 32.5 Å². The van der Waals surface area contributed by atoms with Gasteiger partial charge in [-0.05, 0) is 30.5 Å². The van der Waals surface area contributed by atoms with E-state index in [1.54, 1.807) is 0 Å². The van der Waals surface area contributed by atoms with Gasteiger partial charge >= 0.3 is 6.18 Å². The Kier molecular flexibility index (Phi) is 3.17. The predicted octanol–water partition coefficient (Wildman–Crippen LogP) is 3.19. The number of isocyanates is 1. The lowest BCUT2D eigenvalue weighted by atomic mass is 9.97. The maximum Gasteiger partial charge on any atom is 0.416 e. The number of rotatable bonds is 2. The van der Waals surface area contributed by atoms with Gasteiger partial charge in [-0.25, -0.2) is 4.79 Å². The highest BCUT2D eigenvalue weighted by molar-refractivity contribution is 5.54. The Morgan fingerprint density at radius 2 is 1.76 bits per heavy atom. The smallest absolute Gasteiger partial charge is 0.416 e. The second-order valence-electron chi connectivity index (χ2n) is 5.13. The van der Waals surface area contributed by atoms with Crippen molar-refractivity contribution < 1.29 is 27.4 Å². The predicted molar refractivity (Wildman–Crippen MR) is 66.1 cm³/mol. The fourth-order valence-electron chi connectivity index (χ4n) is 2.48. The third-order valence-electron chi connectivity index (χ3n) is 3.68. The highest BCUT2D eigenvalue weighted by atomic mass is 19.4. The summed E-state index contributed by atoms with van der Waals surface area (Å²) in [5, 5.41) is 0. The van der Waals surface area contributed by atoms with Crippen LogP contribution in [0.1, 0.15) is 30.4 Å². The number of aliphatic imine (C=N–C) groups is 1. The zero-order valence-corrected chi connectivity index (χ0v) is 11.0. The van der Waals surface area contributed by atoms with Crippen molar-refractivity contribution in [2.45, 2.75) is 31.0 Å². The van der Waals surface area contributed by atoms with Gasteiger partial charge in [-0.1, -0.05) is 0 Å². The molecular weight excluding hydrogens is 287 g/mol. The van der Waals surface area contributed by atoms with E-state index in [9.17, 15) is 18.0 Å². The lowest BCUT2D eigenvalue weighted by Crippen LogP contribution is -2.15. The quantitative estimate of drug-likeness (QED) is 0.622. The molecule has 0 saturated heterocycles. The van der Waals surface area contributed by atoms with Crippen LogP contribution in [0.2, 0.25) is 0 Å². The molecule has 1 fully saturated rings. The standard InChI is InChI=1S/C14H12F3NO3/c15-14(16,17)10-7-12-11(20-4-1-5-21-12)6-9(10)13(2-3-13)18-8-19/h6-7H,1-5H2. The molecule has 1 aliphatic heterocycles. The summed E-state index contributed by atoms with van der Waals surface area (Å²) in [6.45, 7) is 0.684. The molecule has 112 valence electrons. The molecule has 1 heterocycles. The summed E-state index contributed by atoms with van der Waals surface area (Å²) >= 11 is 0. The van der Waals surface area contributed by atoms with Crippen LogP contribution in [0, 0.1) is 0 Å². The van der Waals surface area contributed by atoms with Gasteiger partial charge in [0.15, 0.2) is 11.5 Å². The molecule has 0 unspecified atom stereocenters. The van der Waals surface area contributed by atoms with Crippen LogP contribution in [0.15, 0.2) is 17.1 Å². The van der Waals surface area contributed by atoms with E-state index in [-0.39, 0.29) is 17.1 Å². The molecule has 0 aromatic heterocycles. The summed E-state index contributed by atoms with van der Waals surface area (Å²) in [4.78, 5) is 14.1. The molecule has 1 aromatic carbocycles. The molecule has 1 saturated carbocycles. The van der Waals surface area contributed by atoms with Crippen LogP contribution in [-0.4, -0.2) is 19.3 Å². The van der Waals surface area contributed by atoms with Crippen molar-refractivity contribution in [3.8, 4) is 11.5 Å². The Balaban J connectivity index is 2.17. The third kappa shape index (κ3) is 2.49. The Morgan fingerprint density at radius 1 is 1.14 bits per heavy atom. The highest BCUT2D eigenvalue weighted by Gasteiger charge is 2.50. The zero-order valence-electron chi connectivity index (χ0n) is 11.0. The molecular formula is C14H12F3NO3. The van der Waals surface area contributed by atoms with Crippen LogP contribution in [0.5, 0.6) is 11.5 Å². The Bertz CT molecular complexity index is 617. The fraction of sp³-hybridized carbons (Fsp3) is 0.500. The van der Waals surface area contributed by atoms with E-state index in [4.69, 9.17) is 9.47 Å². The first-order chi connectivity index (χ1) is 9.96. The Labute approximate surface area is 118 Å². The van der Waals surface area contributed by atoms with Gasteiger partial charge < -0.3 is 9.47 Å². The van der Waals surface area contributed by atoms with Gasteiger partial charge in [0.1, 0.15) is 0 Å². The normalized spacial score (nSPS) is 19.4. The number of carbonyl (C=O) groups excluding carboxylic acids is 1. The fourth-order valence-corrected chi connectivity index (χ4v) is 2.48.